The van der Waals surface area contributed by atoms with Gasteiger partial charge in [-0.25, -0.2) is 0 Å². The van der Waals surface area contributed by atoms with Gasteiger partial charge in [-0.15, -0.1) is 0 Å². The average molecular weight is 1020 g/mol. The molecule has 0 fully saturated rings. The van der Waals surface area contributed by atoms with Crippen molar-refractivity contribution in [2.45, 2.75) is 322 Å². The van der Waals surface area contributed by atoms with Gasteiger partial charge >= 0.3 is 17.9 Å². The Bertz CT molecular complexity index is 1360. The first kappa shape index (κ1) is 69.8. The van der Waals surface area contributed by atoms with Gasteiger partial charge in [0.2, 0.25) is 0 Å². The fraction of sp³-hybridized carbons (Fsp3) is 0.776. The van der Waals surface area contributed by atoms with Gasteiger partial charge in [-0.05, 0) is 70.6 Å². The first-order chi connectivity index (χ1) is 36.0. The number of esters is 3. The van der Waals surface area contributed by atoms with Crippen LogP contribution in [0.3, 0.4) is 0 Å². The molecule has 73 heavy (non-hydrogen) atoms. The van der Waals surface area contributed by atoms with Crippen LogP contribution >= 0.6 is 0 Å². The first-order valence-electron chi connectivity index (χ1n) is 31.4. The molecule has 422 valence electrons. The molecule has 0 aromatic rings. The molecule has 0 aliphatic rings. The summed E-state index contributed by atoms with van der Waals surface area (Å²) in [7, 11) is 0. The molecule has 0 spiro atoms. The second-order valence-electron chi connectivity index (χ2n) is 21.0. The van der Waals surface area contributed by atoms with E-state index in [1.165, 1.54) is 193 Å². The van der Waals surface area contributed by atoms with Crippen molar-refractivity contribution in [3.05, 3.63) is 72.9 Å². The molecule has 0 aromatic heterocycles. The topological polar surface area (TPSA) is 78.9 Å². The minimum atomic E-state index is -0.832. The molecule has 1 unspecified atom stereocenters. The van der Waals surface area contributed by atoms with Crippen LogP contribution < -0.4 is 0 Å². The van der Waals surface area contributed by atoms with E-state index in [2.05, 4.69) is 81.5 Å². The van der Waals surface area contributed by atoms with E-state index in [0.29, 0.717) is 12.8 Å². The average Bonchev–Trinajstić information content (AvgIpc) is 3.39. The zero-order valence-electron chi connectivity index (χ0n) is 48.4. The number of hydrogen-bond acceptors (Lipinski definition) is 6. The van der Waals surface area contributed by atoms with Crippen LogP contribution in [0.1, 0.15) is 316 Å². The number of rotatable bonds is 57. The highest BCUT2D eigenvalue weighted by atomic mass is 16.6. The van der Waals surface area contributed by atoms with Gasteiger partial charge in [0.05, 0.1) is 6.42 Å². The van der Waals surface area contributed by atoms with Crippen molar-refractivity contribution in [3.8, 4) is 0 Å². The summed E-state index contributed by atoms with van der Waals surface area (Å²) in [4.78, 5) is 38.1. The summed E-state index contributed by atoms with van der Waals surface area (Å²) >= 11 is 0. The molecule has 0 aliphatic carbocycles. The van der Waals surface area contributed by atoms with Gasteiger partial charge in [0.1, 0.15) is 13.2 Å². The Morgan fingerprint density at radius 2 is 0.575 bits per heavy atom. The van der Waals surface area contributed by atoms with Gasteiger partial charge in [-0.3, -0.25) is 14.4 Å². The second kappa shape index (κ2) is 61.4. The van der Waals surface area contributed by atoms with Crippen molar-refractivity contribution in [3.63, 3.8) is 0 Å². The lowest BCUT2D eigenvalue weighted by atomic mass is 10.0. The van der Waals surface area contributed by atoms with Crippen LogP contribution in [-0.4, -0.2) is 37.2 Å². The van der Waals surface area contributed by atoms with Crippen LogP contribution in [0, 0.1) is 0 Å². The van der Waals surface area contributed by atoms with Crippen LogP contribution in [0.4, 0.5) is 0 Å². The molecule has 6 heteroatoms. The summed E-state index contributed by atoms with van der Waals surface area (Å²) in [6.07, 6.45) is 79.5. The van der Waals surface area contributed by atoms with E-state index in [1.54, 1.807) is 6.08 Å². The molecule has 0 heterocycles. The summed E-state index contributed by atoms with van der Waals surface area (Å²) in [6.45, 7) is 6.45. The van der Waals surface area contributed by atoms with E-state index >= 15 is 0 Å². The third kappa shape index (κ3) is 59.6. The van der Waals surface area contributed by atoms with Crippen molar-refractivity contribution in [1.29, 1.82) is 0 Å². The van der Waals surface area contributed by atoms with Gasteiger partial charge in [-0.1, -0.05) is 299 Å². The lowest BCUT2D eigenvalue weighted by Gasteiger charge is -2.18. The van der Waals surface area contributed by atoms with Gasteiger partial charge < -0.3 is 14.2 Å². The highest BCUT2D eigenvalue weighted by molar-refractivity contribution is 5.72. The van der Waals surface area contributed by atoms with Gasteiger partial charge in [0, 0.05) is 12.8 Å². The largest absolute Gasteiger partial charge is 0.462 e. The molecule has 0 saturated carbocycles. The number of carbonyl (C=O) groups is 3. The normalized spacial score (nSPS) is 12.5. The Hall–Kier alpha value is -3.15. The molecule has 0 aromatic carbocycles. The van der Waals surface area contributed by atoms with E-state index in [9.17, 15) is 14.4 Å². The third-order valence-electron chi connectivity index (χ3n) is 13.7. The van der Waals surface area contributed by atoms with Gasteiger partial charge in [0.25, 0.3) is 0 Å². The van der Waals surface area contributed by atoms with E-state index in [0.717, 1.165) is 83.5 Å². The maximum Gasteiger partial charge on any atom is 0.310 e. The van der Waals surface area contributed by atoms with Crippen LogP contribution in [-0.2, 0) is 28.6 Å². The molecule has 0 bridgehead atoms. The molecular formula is C67H118O6. The Labute approximate surface area is 453 Å². The molecule has 0 rings (SSSR count). The smallest absolute Gasteiger partial charge is 0.310 e. The number of unbranched alkanes of at least 4 members (excludes halogenated alkanes) is 35. The molecule has 0 N–H and O–H groups in total. The minimum Gasteiger partial charge on any atom is -0.462 e. The van der Waals surface area contributed by atoms with Crippen molar-refractivity contribution in [2.24, 2.45) is 0 Å². The van der Waals surface area contributed by atoms with E-state index < -0.39 is 12.1 Å². The maximum absolute atomic E-state index is 12.8. The molecule has 0 saturated heterocycles. The zero-order chi connectivity index (χ0) is 52.9. The van der Waals surface area contributed by atoms with Gasteiger partial charge in [0.15, 0.2) is 6.10 Å². The van der Waals surface area contributed by atoms with Crippen LogP contribution in [0.2, 0.25) is 0 Å². The van der Waals surface area contributed by atoms with Crippen LogP contribution in [0.15, 0.2) is 72.9 Å². The quantitative estimate of drug-likeness (QED) is 0.0261. The van der Waals surface area contributed by atoms with Crippen molar-refractivity contribution < 1.29 is 28.6 Å². The summed E-state index contributed by atoms with van der Waals surface area (Å²) in [5.41, 5.74) is 0. The van der Waals surface area contributed by atoms with Crippen molar-refractivity contribution in [1.82, 2.24) is 0 Å². The Morgan fingerprint density at radius 3 is 0.904 bits per heavy atom. The number of ether oxygens (including phenoxy) is 3. The Balaban J connectivity index is 4.27. The molecular weight excluding hydrogens is 901 g/mol. The monoisotopic (exact) mass is 1020 g/mol. The minimum absolute atomic E-state index is 0.0975. The summed E-state index contributed by atoms with van der Waals surface area (Å²) in [6, 6.07) is 0. The van der Waals surface area contributed by atoms with Crippen molar-refractivity contribution in [2.75, 3.05) is 13.2 Å². The molecule has 0 aliphatic heterocycles. The zero-order valence-corrected chi connectivity index (χ0v) is 48.4. The summed E-state index contributed by atoms with van der Waals surface area (Å²) < 4.78 is 16.8. The van der Waals surface area contributed by atoms with E-state index in [4.69, 9.17) is 14.2 Å². The predicted octanol–water partition coefficient (Wildman–Crippen LogP) is 21.3. The third-order valence-corrected chi connectivity index (χ3v) is 13.7. The molecule has 1 atom stereocenters. The highest BCUT2D eigenvalue weighted by Crippen LogP contribution is 2.17. The Morgan fingerprint density at radius 1 is 0.301 bits per heavy atom. The standard InChI is InChI=1S/C67H118O6/c1-4-7-10-13-16-19-22-25-27-28-29-30-31-32-33-34-35-36-37-38-40-42-45-48-51-54-57-60-66(69)72-63-64(62-71-65(68)59-56-53-50-47-44-41-24-21-18-15-12-9-6-3)73-67(70)61-58-55-52-49-46-43-39-26-23-20-17-14-11-8-5-2/h8,11,17,20-21,24,26,39,46,49,55,58,64H,4-7,9-10,12-16,18-19,22-23,25,27-38,40-45,47-48,50-54,56-57,59-63H2,1-3H3/b11-8-,20-17-,24-21-,39-26-,49-46-,58-55-. The van der Waals surface area contributed by atoms with Crippen molar-refractivity contribution >= 4 is 17.9 Å². The number of carbonyl (C=O) groups excluding carboxylic acids is 3. The Kier molecular flexibility index (Phi) is 58.7. The van der Waals surface area contributed by atoms with Crippen LogP contribution in [0.25, 0.3) is 0 Å². The fourth-order valence-electron chi connectivity index (χ4n) is 9.05. The lowest BCUT2D eigenvalue weighted by molar-refractivity contribution is -0.166. The molecule has 6 nitrogen and oxygen atoms in total. The predicted molar refractivity (Wildman–Crippen MR) is 316 cm³/mol. The van der Waals surface area contributed by atoms with Gasteiger partial charge in [-0.2, -0.15) is 0 Å². The summed E-state index contributed by atoms with van der Waals surface area (Å²) in [5.74, 6) is -1.04. The number of allylic oxidation sites excluding steroid dienone is 11. The SMILES string of the molecule is CC/C=C\C/C=C\C/C=C\C/C=C\C/C=C\CC(=O)OC(COC(=O)CCCCCCC/C=C\CCCCCC)COC(=O)CCCCCCCCCCCCCCCCCCCCCCCCCCCCC. The van der Waals surface area contributed by atoms with Crippen LogP contribution in [0.5, 0.6) is 0 Å². The first-order valence-corrected chi connectivity index (χ1v) is 31.4. The molecule has 0 radical (unpaired) electrons. The highest BCUT2D eigenvalue weighted by Gasteiger charge is 2.19. The van der Waals surface area contributed by atoms with E-state index in [-0.39, 0.29) is 31.6 Å². The second-order valence-corrected chi connectivity index (χ2v) is 21.0. The fourth-order valence-corrected chi connectivity index (χ4v) is 9.05. The lowest BCUT2D eigenvalue weighted by Crippen LogP contribution is -2.30. The maximum atomic E-state index is 12.8. The number of hydrogen-bond donors (Lipinski definition) is 0. The van der Waals surface area contributed by atoms with E-state index in [1.807, 2.05) is 6.08 Å². The molecule has 0 amide bonds. The summed E-state index contributed by atoms with van der Waals surface area (Å²) in [5, 5.41) is 0.